The number of fused-ring (bicyclic) bond motifs is 1. The van der Waals surface area contributed by atoms with Gasteiger partial charge in [0.2, 0.25) is 0 Å². The van der Waals surface area contributed by atoms with Gasteiger partial charge in [-0.2, -0.15) is 0 Å². The molecule has 3 heterocycles. The molecule has 0 amide bonds. The molecule has 1 aromatic heterocycles. The van der Waals surface area contributed by atoms with Crippen LogP contribution in [-0.2, 0) is 13.1 Å². The van der Waals surface area contributed by atoms with Gasteiger partial charge in [-0.25, -0.2) is 4.98 Å². The highest BCUT2D eigenvalue weighted by Crippen LogP contribution is 2.35. The number of hydrogen-bond acceptors (Lipinski definition) is 3. The van der Waals surface area contributed by atoms with E-state index in [2.05, 4.69) is 39.8 Å². The molecule has 2 aliphatic rings. The van der Waals surface area contributed by atoms with Crippen molar-refractivity contribution in [1.82, 2.24) is 19.8 Å². The SMILES string of the molecule is CC(C)C1(CN2CCn3ccnc3C2)CCNC1. The first-order valence-electron chi connectivity index (χ1n) is 7.13. The lowest BCUT2D eigenvalue weighted by molar-refractivity contribution is 0.0963. The van der Waals surface area contributed by atoms with Gasteiger partial charge >= 0.3 is 0 Å². The van der Waals surface area contributed by atoms with Gasteiger partial charge in [-0.3, -0.25) is 4.90 Å². The topological polar surface area (TPSA) is 33.1 Å². The van der Waals surface area contributed by atoms with Crippen LogP contribution in [0.15, 0.2) is 12.4 Å². The minimum atomic E-state index is 0.467. The van der Waals surface area contributed by atoms with E-state index in [9.17, 15) is 0 Å². The first kappa shape index (κ1) is 12.2. The summed E-state index contributed by atoms with van der Waals surface area (Å²) >= 11 is 0. The summed E-state index contributed by atoms with van der Waals surface area (Å²) in [7, 11) is 0. The minimum Gasteiger partial charge on any atom is -0.333 e. The summed E-state index contributed by atoms with van der Waals surface area (Å²) in [5, 5.41) is 3.55. The lowest BCUT2D eigenvalue weighted by Crippen LogP contribution is -2.45. The Morgan fingerprint density at radius 2 is 2.33 bits per heavy atom. The average Bonchev–Trinajstić information content (AvgIpc) is 2.97. The molecule has 1 fully saturated rings. The second-order valence-corrected chi connectivity index (χ2v) is 6.19. The van der Waals surface area contributed by atoms with E-state index in [1.54, 1.807) is 0 Å². The summed E-state index contributed by atoms with van der Waals surface area (Å²) in [6, 6.07) is 0. The van der Waals surface area contributed by atoms with Crippen LogP contribution in [0.1, 0.15) is 26.1 Å². The van der Waals surface area contributed by atoms with Crippen molar-refractivity contribution in [2.45, 2.75) is 33.4 Å². The van der Waals surface area contributed by atoms with Gasteiger partial charge in [0.25, 0.3) is 0 Å². The fraction of sp³-hybridized carbons (Fsp3) is 0.786. The first-order valence-corrected chi connectivity index (χ1v) is 7.13. The molecule has 1 atom stereocenters. The van der Waals surface area contributed by atoms with Crippen LogP contribution >= 0.6 is 0 Å². The van der Waals surface area contributed by atoms with Gasteiger partial charge in [0.15, 0.2) is 0 Å². The highest BCUT2D eigenvalue weighted by atomic mass is 15.2. The van der Waals surface area contributed by atoms with Crippen LogP contribution in [0, 0.1) is 11.3 Å². The smallest absolute Gasteiger partial charge is 0.122 e. The molecule has 1 saturated heterocycles. The molecule has 4 heteroatoms. The van der Waals surface area contributed by atoms with Crippen LogP contribution < -0.4 is 5.32 Å². The highest BCUT2D eigenvalue weighted by Gasteiger charge is 2.38. The fourth-order valence-corrected chi connectivity index (χ4v) is 3.38. The summed E-state index contributed by atoms with van der Waals surface area (Å²) in [6.07, 6.45) is 5.34. The Morgan fingerprint density at radius 1 is 1.44 bits per heavy atom. The molecule has 0 saturated carbocycles. The van der Waals surface area contributed by atoms with Gasteiger partial charge in [0.05, 0.1) is 6.54 Å². The van der Waals surface area contributed by atoms with Crippen molar-refractivity contribution in [1.29, 1.82) is 0 Å². The lowest BCUT2D eigenvalue weighted by Gasteiger charge is -2.39. The Kier molecular flexibility index (Phi) is 3.16. The fourth-order valence-electron chi connectivity index (χ4n) is 3.38. The molecule has 0 spiro atoms. The van der Waals surface area contributed by atoms with Gasteiger partial charge in [0, 0.05) is 38.6 Å². The van der Waals surface area contributed by atoms with Crippen molar-refractivity contribution in [3.05, 3.63) is 18.2 Å². The number of hydrogen-bond donors (Lipinski definition) is 1. The molecule has 0 bridgehead atoms. The summed E-state index contributed by atoms with van der Waals surface area (Å²) in [6.45, 7) is 11.6. The maximum Gasteiger partial charge on any atom is 0.122 e. The number of rotatable bonds is 3. The third kappa shape index (κ3) is 2.08. The van der Waals surface area contributed by atoms with Crippen molar-refractivity contribution in [2.75, 3.05) is 26.2 Å². The van der Waals surface area contributed by atoms with Crippen molar-refractivity contribution in [3.8, 4) is 0 Å². The van der Waals surface area contributed by atoms with Crippen LogP contribution in [0.2, 0.25) is 0 Å². The van der Waals surface area contributed by atoms with Crippen LogP contribution in [-0.4, -0.2) is 40.6 Å². The van der Waals surface area contributed by atoms with Crippen molar-refractivity contribution >= 4 is 0 Å². The Labute approximate surface area is 109 Å². The van der Waals surface area contributed by atoms with Crippen molar-refractivity contribution in [2.24, 2.45) is 11.3 Å². The van der Waals surface area contributed by atoms with Gasteiger partial charge in [0.1, 0.15) is 5.82 Å². The zero-order valence-corrected chi connectivity index (χ0v) is 11.5. The molecule has 0 aliphatic carbocycles. The van der Waals surface area contributed by atoms with Crippen LogP contribution in [0.25, 0.3) is 0 Å². The number of imidazole rings is 1. The maximum atomic E-state index is 4.45. The summed E-state index contributed by atoms with van der Waals surface area (Å²) in [4.78, 5) is 7.05. The van der Waals surface area contributed by atoms with E-state index in [1.165, 1.54) is 31.9 Å². The highest BCUT2D eigenvalue weighted by molar-refractivity contribution is 4.98. The molecule has 2 aliphatic heterocycles. The average molecular weight is 248 g/mol. The number of nitrogens with one attached hydrogen (secondary N) is 1. The standard InChI is InChI=1S/C14H24N4/c1-12(2)14(3-4-15-10-14)11-17-7-8-18-6-5-16-13(18)9-17/h5-6,12,15H,3-4,7-11H2,1-2H3. The Morgan fingerprint density at radius 3 is 3.06 bits per heavy atom. The van der Waals surface area contributed by atoms with Crippen molar-refractivity contribution in [3.63, 3.8) is 0 Å². The van der Waals surface area contributed by atoms with Gasteiger partial charge in [-0.05, 0) is 24.3 Å². The monoisotopic (exact) mass is 248 g/mol. The Hall–Kier alpha value is -0.870. The maximum absolute atomic E-state index is 4.45. The minimum absolute atomic E-state index is 0.467. The quantitative estimate of drug-likeness (QED) is 0.876. The van der Waals surface area contributed by atoms with E-state index in [1.807, 2.05) is 6.20 Å². The largest absolute Gasteiger partial charge is 0.333 e. The molecular formula is C14H24N4. The zero-order valence-electron chi connectivity index (χ0n) is 11.5. The zero-order chi connectivity index (χ0) is 12.6. The molecule has 18 heavy (non-hydrogen) atoms. The molecular weight excluding hydrogens is 224 g/mol. The van der Waals surface area contributed by atoms with Crippen LogP contribution in [0.4, 0.5) is 0 Å². The normalized spacial score (nSPS) is 28.8. The van der Waals surface area contributed by atoms with Crippen LogP contribution in [0.3, 0.4) is 0 Å². The molecule has 0 aromatic carbocycles. The Balaban J connectivity index is 1.70. The predicted octanol–water partition coefficient (Wildman–Crippen LogP) is 1.33. The van der Waals surface area contributed by atoms with Gasteiger partial charge in [-0.1, -0.05) is 13.8 Å². The van der Waals surface area contributed by atoms with E-state index >= 15 is 0 Å². The third-order valence-electron chi connectivity index (χ3n) is 4.86. The molecule has 0 radical (unpaired) electrons. The second-order valence-electron chi connectivity index (χ2n) is 6.19. The van der Waals surface area contributed by atoms with Gasteiger partial charge < -0.3 is 9.88 Å². The molecule has 1 N–H and O–H groups in total. The van der Waals surface area contributed by atoms with E-state index in [-0.39, 0.29) is 0 Å². The first-order chi connectivity index (χ1) is 8.70. The van der Waals surface area contributed by atoms with E-state index in [4.69, 9.17) is 0 Å². The van der Waals surface area contributed by atoms with Crippen molar-refractivity contribution < 1.29 is 0 Å². The molecule has 1 aromatic rings. The second kappa shape index (κ2) is 4.67. The van der Waals surface area contributed by atoms with Gasteiger partial charge in [-0.15, -0.1) is 0 Å². The summed E-state index contributed by atoms with van der Waals surface area (Å²) in [5.74, 6) is 1.97. The summed E-state index contributed by atoms with van der Waals surface area (Å²) < 4.78 is 2.28. The molecule has 100 valence electrons. The van der Waals surface area contributed by atoms with Crippen LogP contribution in [0.5, 0.6) is 0 Å². The molecule has 3 rings (SSSR count). The Bertz CT molecular complexity index is 404. The van der Waals surface area contributed by atoms with E-state index in [0.29, 0.717) is 5.41 Å². The number of aromatic nitrogens is 2. The molecule has 4 nitrogen and oxygen atoms in total. The third-order valence-corrected chi connectivity index (χ3v) is 4.86. The predicted molar refractivity (Wildman–Crippen MR) is 72.3 cm³/mol. The van der Waals surface area contributed by atoms with E-state index < -0.39 is 0 Å². The number of nitrogens with zero attached hydrogens (tertiary/aromatic N) is 3. The molecule has 1 unspecified atom stereocenters. The lowest BCUT2D eigenvalue weighted by atomic mass is 9.76. The van der Waals surface area contributed by atoms with E-state index in [0.717, 1.165) is 25.6 Å². The summed E-state index contributed by atoms with van der Waals surface area (Å²) in [5.41, 5.74) is 0.467.